The molecular formula is C13H19ClN2OS. The zero-order valence-electron chi connectivity index (χ0n) is 10.8. The molecule has 0 fully saturated rings. The highest BCUT2D eigenvalue weighted by Crippen LogP contribution is 2.25. The number of ether oxygens (including phenoxy) is 1. The zero-order valence-corrected chi connectivity index (χ0v) is 12.3. The van der Waals surface area contributed by atoms with Crippen LogP contribution in [0.4, 0.5) is 0 Å². The van der Waals surface area contributed by atoms with E-state index in [0.29, 0.717) is 16.7 Å². The molecule has 5 heteroatoms. The summed E-state index contributed by atoms with van der Waals surface area (Å²) in [5, 5.41) is 7.60. The van der Waals surface area contributed by atoms with Crippen LogP contribution in [0.5, 0.6) is 5.75 Å². The van der Waals surface area contributed by atoms with Crippen LogP contribution in [0.3, 0.4) is 0 Å². The van der Waals surface area contributed by atoms with Crippen LogP contribution in [0.15, 0.2) is 18.2 Å². The van der Waals surface area contributed by atoms with Crippen LogP contribution in [-0.2, 0) is 6.54 Å². The molecular weight excluding hydrogens is 268 g/mol. The van der Waals surface area contributed by atoms with Gasteiger partial charge in [0.2, 0.25) is 0 Å². The average Bonchev–Trinajstić information content (AvgIpc) is 2.37. The maximum Gasteiger partial charge on any atom is 0.166 e. The standard InChI is InChI=1S/C13H19ClN2OS/c1-3-4-8-15-13(18)16-9-10-11(14)6-5-7-12(10)17-2/h5-7H,3-4,8-9H2,1-2H3,(H2,15,16,18). The Morgan fingerprint density at radius 3 is 2.83 bits per heavy atom. The summed E-state index contributed by atoms with van der Waals surface area (Å²) in [7, 11) is 1.63. The van der Waals surface area contributed by atoms with Crippen LogP contribution in [0.1, 0.15) is 25.3 Å². The van der Waals surface area contributed by atoms with Gasteiger partial charge in [-0.2, -0.15) is 0 Å². The molecule has 1 aromatic rings. The molecule has 1 aromatic carbocycles. The second-order valence-corrected chi connectivity index (χ2v) is 4.70. The van der Waals surface area contributed by atoms with Crippen LogP contribution in [0, 0.1) is 0 Å². The Morgan fingerprint density at radius 1 is 1.39 bits per heavy atom. The summed E-state index contributed by atoms with van der Waals surface area (Å²) in [5.41, 5.74) is 0.918. The summed E-state index contributed by atoms with van der Waals surface area (Å²) in [6.07, 6.45) is 2.26. The molecule has 100 valence electrons. The van der Waals surface area contributed by atoms with Gasteiger partial charge in [0.15, 0.2) is 5.11 Å². The summed E-state index contributed by atoms with van der Waals surface area (Å²) in [6, 6.07) is 5.59. The molecule has 0 atom stereocenters. The van der Waals surface area contributed by atoms with E-state index >= 15 is 0 Å². The lowest BCUT2D eigenvalue weighted by molar-refractivity contribution is 0.409. The molecule has 3 nitrogen and oxygen atoms in total. The summed E-state index contributed by atoms with van der Waals surface area (Å²) in [4.78, 5) is 0. The Labute approximate surface area is 119 Å². The second-order valence-electron chi connectivity index (χ2n) is 3.88. The van der Waals surface area contributed by atoms with Gasteiger partial charge in [0, 0.05) is 23.7 Å². The molecule has 0 bridgehead atoms. The number of hydrogen-bond donors (Lipinski definition) is 2. The predicted octanol–water partition coefficient (Wildman–Crippen LogP) is 3.11. The lowest BCUT2D eigenvalue weighted by Crippen LogP contribution is -2.35. The van der Waals surface area contributed by atoms with Crippen molar-refractivity contribution in [3.8, 4) is 5.75 Å². The van der Waals surface area contributed by atoms with Crippen molar-refractivity contribution in [3.63, 3.8) is 0 Å². The third-order valence-electron chi connectivity index (χ3n) is 2.54. The minimum Gasteiger partial charge on any atom is -0.496 e. The normalized spacial score (nSPS) is 9.94. The fourth-order valence-corrected chi connectivity index (χ4v) is 1.92. The van der Waals surface area contributed by atoms with Crippen LogP contribution in [0.25, 0.3) is 0 Å². The van der Waals surface area contributed by atoms with Gasteiger partial charge in [-0.25, -0.2) is 0 Å². The molecule has 0 radical (unpaired) electrons. The minimum atomic E-state index is 0.556. The lowest BCUT2D eigenvalue weighted by atomic mass is 10.2. The summed E-state index contributed by atoms with van der Waals surface area (Å²) >= 11 is 11.3. The van der Waals surface area contributed by atoms with E-state index < -0.39 is 0 Å². The van der Waals surface area contributed by atoms with Crippen LogP contribution in [-0.4, -0.2) is 18.8 Å². The lowest BCUT2D eigenvalue weighted by Gasteiger charge is -2.13. The molecule has 0 aliphatic carbocycles. The van der Waals surface area contributed by atoms with Crippen molar-refractivity contribution in [2.24, 2.45) is 0 Å². The highest BCUT2D eigenvalue weighted by atomic mass is 35.5. The second kappa shape index (κ2) is 8.16. The van der Waals surface area contributed by atoms with E-state index in [2.05, 4.69) is 17.6 Å². The molecule has 0 amide bonds. The quantitative estimate of drug-likeness (QED) is 0.622. The summed E-state index contributed by atoms with van der Waals surface area (Å²) in [5.74, 6) is 0.770. The van der Waals surface area contributed by atoms with E-state index in [-0.39, 0.29) is 0 Å². The Kier molecular flexibility index (Phi) is 6.83. The van der Waals surface area contributed by atoms with Crippen molar-refractivity contribution < 1.29 is 4.74 Å². The third kappa shape index (κ3) is 4.70. The summed E-state index contributed by atoms with van der Waals surface area (Å²) < 4.78 is 5.27. The van der Waals surface area contributed by atoms with E-state index in [1.54, 1.807) is 7.11 Å². The number of halogens is 1. The van der Waals surface area contributed by atoms with Gasteiger partial charge < -0.3 is 15.4 Å². The number of rotatable bonds is 6. The number of thiocarbonyl (C=S) groups is 1. The maximum absolute atomic E-state index is 6.13. The van der Waals surface area contributed by atoms with Crippen molar-refractivity contribution in [2.45, 2.75) is 26.3 Å². The Bertz CT molecular complexity index is 399. The van der Waals surface area contributed by atoms with E-state index in [1.807, 2.05) is 18.2 Å². The Morgan fingerprint density at radius 2 is 2.17 bits per heavy atom. The van der Waals surface area contributed by atoms with Gasteiger partial charge in [0.05, 0.1) is 7.11 Å². The molecule has 0 heterocycles. The number of benzene rings is 1. The Hall–Kier alpha value is -1.00. The van der Waals surface area contributed by atoms with Gasteiger partial charge in [-0.05, 0) is 30.8 Å². The number of hydrogen-bond acceptors (Lipinski definition) is 2. The first kappa shape index (κ1) is 15.1. The van der Waals surface area contributed by atoms with E-state index in [9.17, 15) is 0 Å². The highest BCUT2D eigenvalue weighted by molar-refractivity contribution is 7.80. The van der Waals surface area contributed by atoms with Gasteiger partial charge in [-0.1, -0.05) is 31.0 Å². The smallest absolute Gasteiger partial charge is 0.166 e. The molecule has 0 saturated heterocycles. The van der Waals surface area contributed by atoms with Crippen molar-refractivity contribution in [2.75, 3.05) is 13.7 Å². The number of nitrogens with one attached hydrogen (secondary N) is 2. The van der Waals surface area contributed by atoms with Crippen molar-refractivity contribution in [1.82, 2.24) is 10.6 Å². The minimum absolute atomic E-state index is 0.556. The van der Waals surface area contributed by atoms with Gasteiger partial charge in [-0.3, -0.25) is 0 Å². The fourth-order valence-electron chi connectivity index (χ4n) is 1.51. The predicted molar refractivity (Wildman–Crippen MR) is 80.4 cm³/mol. The number of methoxy groups -OCH3 is 1. The van der Waals surface area contributed by atoms with Crippen molar-refractivity contribution in [3.05, 3.63) is 28.8 Å². The van der Waals surface area contributed by atoms with Crippen molar-refractivity contribution in [1.29, 1.82) is 0 Å². The highest BCUT2D eigenvalue weighted by Gasteiger charge is 2.07. The SMILES string of the molecule is CCCCNC(=S)NCc1c(Cl)cccc1OC. The van der Waals surface area contributed by atoms with Crippen LogP contribution < -0.4 is 15.4 Å². The largest absolute Gasteiger partial charge is 0.496 e. The zero-order chi connectivity index (χ0) is 13.4. The molecule has 0 aliphatic rings. The molecule has 2 N–H and O–H groups in total. The molecule has 0 unspecified atom stereocenters. The van der Waals surface area contributed by atoms with E-state index in [1.165, 1.54) is 0 Å². The average molecular weight is 287 g/mol. The van der Waals surface area contributed by atoms with Gasteiger partial charge in [0.1, 0.15) is 5.75 Å². The van der Waals surface area contributed by atoms with Gasteiger partial charge >= 0.3 is 0 Å². The molecule has 0 aliphatic heterocycles. The van der Waals surface area contributed by atoms with Crippen molar-refractivity contribution >= 4 is 28.9 Å². The fraction of sp³-hybridized carbons (Fsp3) is 0.462. The Balaban J connectivity index is 2.50. The first-order valence-electron chi connectivity index (χ1n) is 6.02. The molecule has 0 aromatic heterocycles. The van der Waals surface area contributed by atoms with Gasteiger partial charge in [-0.15, -0.1) is 0 Å². The first-order chi connectivity index (χ1) is 8.69. The first-order valence-corrected chi connectivity index (χ1v) is 6.80. The monoisotopic (exact) mass is 286 g/mol. The molecule has 0 spiro atoms. The number of unbranched alkanes of at least 4 members (excludes halogenated alkanes) is 1. The topological polar surface area (TPSA) is 33.3 Å². The molecule has 1 rings (SSSR count). The molecule has 0 saturated carbocycles. The van der Waals surface area contributed by atoms with Crippen LogP contribution in [0.2, 0.25) is 5.02 Å². The third-order valence-corrected chi connectivity index (χ3v) is 3.18. The van der Waals surface area contributed by atoms with E-state index in [4.69, 9.17) is 28.6 Å². The molecule has 18 heavy (non-hydrogen) atoms. The van der Waals surface area contributed by atoms with E-state index in [0.717, 1.165) is 30.7 Å². The van der Waals surface area contributed by atoms with Gasteiger partial charge in [0.25, 0.3) is 0 Å². The summed E-state index contributed by atoms with van der Waals surface area (Å²) in [6.45, 7) is 3.59. The maximum atomic E-state index is 6.13. The van der Waals surface area contributed by atoms with Crippen LogP contribution >= 0.6 is 23.8 Å².